The van der Waals surface area contributed by atoms with E-state index in [0.717, 1.165) is 38.6 Å². The highest BCUT2D eigenvalue weighted by atomic mass is 16.4. The monoisotopic (exact) mass is 315 g/mol. The number of nitrogens with zero attached hydrogens (tertiary/aromatic N) is 2. The van der Waals surface area contributed by atoms with Crippen molar-refractivity contribution in [3.63, 3.8) is 0 Å². The van der Waals surface area contributed by atoms with Crippen molar-refractivity contribution in [3.05, 3.63) is 35.9 Å². The van der Waals surface area contributed by atoms with Gasteiger partial charge in [-0.15, -0.1) is 0 Å². The van der Waals surface area contributed by atoms with E-state index in [1.807, 2.05) is 6.07 Å². The van der Waals surface area contributed by atoms with Gasteiger partial charge in [0, 0.05) is 30.7 Å². The van der Waals surface area contributed by atoms with E-state index >= 15 is 0 Å². The van der Waals surface area contributed by atoms with Crippen molar-refractivity contribution in [1.82, 2.24) is 9.80 Å². The highest BCUT2D eigenvalue weighted by molar-refractivity contribution is 5.63. The number of amides is 1. The Balaban J connectivity index is 1.88. The van der Waals surface area contributed by atoms with E-state index in [1.54, 1.807) is 0 Å². The molecule has 0 aromatic heterocycles. The number of carbonyl (C=O) groups is 1. The Morgan fingerprint density at radius 3 is 2.57 bits per heavy atom. The van der Waals surface area contributed by atoms with Crippen molar-refractivity contribution in [2.75, 3.05) is 13.1 Å². The molecule has 2 aliphatic rings. The van der Waals surface area contributed by atoms with Gasteiger partial charge in [-0.25, -0.2) is 0 Å². The molecule has 1 spiro atoms. The minimum atomic E-state index is -1.02. The molecule has 4 nitrogen and oxygen atoms in total. The van der Waals surface area contributed by atoms with Gasteiger partial charge in [0.25, 0.3) is 0 Å². The first-order valence-corrected chi connectivity index (χ1v) is 8.77. The van der Waals surface area contributed by atoms with Gasteiger partial charge in [0.1, 0.15) is 6.09 Å². The summed E-state index contributed by atoms with van der Waals surface area (Å²) >= 11 is 0. The molecule has 0 radical (unpaired) electrons. The van der Waals surface area contributed by atoms with E-state index in [-0.39, 0.29) is 11.1 Å². The fourth-order valence-corrected chi connectivity index (χ4v) is 4.70. The molecule has 3 rings (SSSR count). The van der Waals surface area contributed by atoms with Crippen LogP contribution in [0.15, 0.2) is 30.3 Å². The number of likely N-dealkylation sites (tertiary alicyclic amines) is 2. The normalized spacial score (nSPS) is 31.1. The van der Waals surface area contributed by atoms with Crippen LogP contribution < -0.4 is 5.11 Å². The fraction of sp³-hybridized carbons (Fsp3) is 0.632. The Bertz CT molecular complexity index is 562. The van der Waals surface area contributed by atoms with Crippen molar-refractivity contribution in [3.8, 4) is 0 Å². The maximum Gasteiger partial charge on any atom is 0.136 e. The van der Waals surface area contributed by atoms with Crippen molar-refractivity contribution < 1.29 is 9.90 Å². The molecule has 2 fully saturated rings. The second-order valence-corrected chi connectivity index (χ2v) is 7.48. The highest BCUT2D eigenvalue weighted by Crippen LogP contribution is 2.48. The summed E-state index contributed by atoms with van der Waals surface area (Å²) in [6, 6.07) is 10.5. The average molecular weight is 315 g/mol. The molecule has 2 heterocycles. The third-order valence-electron chi connectivity index (χ3n) is 5.92. The molecule has 0 N–H and O–H groups in total. The van der Waals surface area contributed by atoms with Crippen molar-refractivity contribution in [2.24, 2.45) is 0 Å². The number of benzene rings is 1. The lowest BCUT2D eigenvalue weighted by Crippen LogP contribution is -2.54. The molecule has 0 bridgehead atoms. The van der Waals surface area contributed by atoms with Crippen molar-refractivity contribution in [1.29, 1.82) is 0 Å². The largest absolute Gasteiger partial charge is 0.530 e. The van der Waals surface area contributed by atoms with Crippen LogP contribution >= 0.6 is 0 Å². The summed E-state index contributed by atoms with van der Waals surface area (Å²) in [6.45, 7) is 6.70. The quantitative estimate of drug-likeness (QED) is 0.858. The summed E-state index contributed by atoms with van der Waals surface area (Å²) < 4.78 is 0. The third kappa shape index (κ3) is 2.97. The van der Waals surface area contributed by atoms with Gasteiger partial charge in [-0.3, -0.25) is 4.90 Å². The van der Waals surface area contributed by atoms with Gasteiger partial charge in [-0.1, -0.05) is 43.7 Å². The molecular weight excluding hydrogens is 288 g/mol. The Morgan fingerprint density at radius 2 is 1.96 bits per heavy atom. The summed E-state index contributed by atoms with van der Waals surface area (Å²) in [5.74, 6) is 0. The highest BCUT2D eigenvalue weighted by Gasteiger charge is 2.54. The molecule has 2 saturated heterocycles. The topological polar surface area (TPSA) is 46.6 Å². The molecule has 4 heteroatoms. The number of carboxylic acid groups (broad SMARTS) is 1. The number of rotatable bonds is 4. The standard InChI is InChI=1S/C19H28N2O2/c1-3-9-18(2)10-11-19(12-13-20(15-19)17(22)23)21(18)14-16-7-5-4-6-8-16/h4-8H,3,9-15H2,1-2H3,(H,22,23)/p-1. The van der Waals surface area contributed by atoms with Gasteiger partial charge in [-0.2, -0.15) is 0 Å². The molecule has 1 amide bonds. The van der Waals surface area contributed by atoms with Gasteiger partial charge in [0.05, 0.1) is 0 Å². The van der Waals surface area contributed by atoms with Crippen LogP contribution in [-0.2, 0) is 6.54 Å². The zero-order valence-electron chi connectivity index (χ0n) is 14.3. The second-order valence-electron chi connectivity index (χ2n) is 7.48. The minimum Gasteiger partial charge on any atom is -0.530 e. The summed E-state index contributed by atoms with van der Waals surface area (Å²) in [4.78, 5) is 15.4. The molecule has 2 unspecified atom stereocenters. The summed E-state index contributed by atoms with van der Waals surface area (Å²) in [6.07, 6.45) is 4.45. The van der Waals surface area contributed by atoms with Crippen molar-refractivity contribution >= 4 is 6.09 Å². The lowest BCUT2D eigenvalue weighted by Gasteiger charge is -2.44. The predicted octanol–water partition coefficient (Wildman–Crippen LogP) is 2.63. The first-order chi connectivity index (χ1) is 11.0. The molecule has 2 aliphatic heterocycles. The van der Waals surface area contributed by atoms with Gasteiger partial charge in [0.2, 0.25) is 0 Å². The van der Waals surface area contributed by atoms with E-state index in [2.05, 4.69) is 43.0 Å². The van der Waals surface area contributed by atoms with E-state index in [4.69, 9.17) is 0 Å². The van der Waals surface area contributed by atoms with Gasteiger partial charge < -0.3 is 14.8 Å². The Hall–Kier alpha value is -1.55. The van der Waals surface area contributed by atoms with E-state index in [9.17, 15) is 9.90 Å². The number of carbonyl (C=O) groups excluding carboxylic acids is 1. The predicted molar refractivity (Wildman–Crippen MR) is 88.8 cm³/mol. The average Bonchev–Trinajstić information content (AvgIpc) is 3.07. The minimum absolute atomic E-state index is 0.0141. The summed E-state index contributed by atoms with van der Waals surface area (Å²) in [5, 5.41) is 11.3. The maximum atomic E-state index is 11.3. The van der Waals surface area contributed by atoms with E-state index in [1.165, 1.54) is 10.5 Å². The lowest BCUT2D eigenvalue weighted by atomic mass is 9.93. The Labute approximate surface area is 139 Å². The number of hydrogen-bond acceptors (Lipinski definition) is 3. The zero-order valence-corrected chi connectivity index (χ0v) is 14.3. The first-order valence-electron chi connectivity index (χ1n) is 8.77. The van der Waals surface area contributed by atoms with Crippen LogP contribution in [0, 0.1) is 0 Å². The van der Waals surface area contributed by atoms with Gasteiger partial charge in [-0.05, 0) is 38.2 Å². The van der Waals surface area contributed by atoms with Crippen LogP contribution in [0.1, 0.15) is 51.5 Å². The molecule has 0 saturated carbocycles. The SMILES string of the molecule is CCCC1(C)CCC2(CCN(C(=O)[O-])C2)N1Cc1ccccc1. The molecule has 1 aromatic carbocycles. The molecule has 126 valence electrons. The molecule has 0 aliphatic carbocycles. The smallest absolute Gasteiger partial charge is 0.136 e. The van der Waals surface area contributed by atoms with Gasteiger partial charge in [0.15, 0.2) is 0 Å². The Kier molecular flexibility index (Phi) is 4.37. The molecular formula is C19H27N2O2-. The molecule has 2 atom stereocenters. The second kappa shape index (κ2) is 6.16. The van der Waals surface area contributed by atoms with Crippen LogP contribution in [0.25, 0.3) is 0 Å². The van der Waals surface area contributed by atoms with Crippen LogP contribution in [0.2, 0.25) is 0 Å². The van der Waals surface area contributed by atoms with Crippen molar-refractivity contribution in [2.45, 2.75) is 63.6 Å². The summed E-state index contributed by atoms with van der Waals surface area (Å²) in [5.41, 5.74) is 1.45. The molecule has 1 aromatic rings. The first kappa shape index (κ1) is 16.3. The van der Waals surface area contributed by atoms with Gasteiger partial charge >= 0.3 is 0 Å². The summed E-state index contributed by atoms with van der Waals surface area (Å²) in [7, 11) is 0. The maximum absolute atomic E-state index is 11.3. The zero-order chi connectivity index (χ0) is 16.5. The third-order valence-corrected chi connectivity index (χ3v) is 5.92. The lowest BCUT2D eigenvalue weighted by molar-refractivity contribution is -0.264. The van der Waals surface area contributed by atoms with Crippen LogP contribution in [-0.4, -0.2) is 40.1 Å². The van der Waals surface area contributed by atoms with E-state index in [0.29, 0.717) is 13.1 Å². The van der Waals surface area contributed by atoms with Crippen LogP contribution in [0.3, 0.4) is 0 Å². The van der Waals surface area contributed by atoms with E-state index < -0.39 is 6.09 Å². The molecule has 23 heavy (non-hydrogen) atoms. The van der Waals surface area contributed by atoms with Crippen LogP contribution in [0.5, 0.6) is 0 Å². The fourth-order valence-electron chi connectivity index (χ4n) is 4.70. The Morgan fingerprint density at radius 1 is 1.22 bits per heavy atom. The number of hydrogen-bond donors (Lipinski definition) is 0. The van der Waals surface area contributed by atoms with Crippen LogP contribution in [0.4, 0.5) is 4.79 Å².